The van der Waals surface area contributed by atoms with Crippen LogP contribution in [0.15, 0.2) is 36.9 Å². The average Bonchev–Trinajstić information content (AvgIpc) is 2.40. The molecule has 4 heteroatoms. The summed E-state index contributed by atoms with van der Waals surface area (Å²) >= 11 is 0. The lowest BCUT2D eigenvalue weighted by atomic mass is 9.91. The van der Waals surface area contributed by atoms with Gasteiger partial charge in [-0.3, -0.25) is 4.98 Å². The van der Waals surface area contributed by atoms with E-state index in [9.17, 15) is 0 Å². The second-order valence-electron chi connectivity index (χ2n) is 4.24. The Balaban J connectivity index is 2.32. The SMILES string of the molecule is CCC(C(=N)c1ncccn1)c1cncc(C)c1. The van der Waals surface area contributed by atoms with Crippen LogP contribution in [0.5, 0.6) is 0 Å². The number of aryl methyl sites for hydroxylation is 1. The highest BCUT2D eigenvalue weighted by molar-refractivity contribution is 5.99. The van der Waals surface area contributed by atoms with E-state index in [2.05, 4.69) is 27.9 Å². The maximum Gasteiger partial charge on any atom is 0.173 e. The van der Waals surface area contributed by atoms with Gasteiger partial charge in [0.15, 0.2) is 5.82 Å². The Morgan fingerprint density at radius 3 is 2.61 bits per heavy atom. The Hall–Kier alpha value is -2.10. The molecule has 1 N–H and O–H groups in total. The van der Waals surface area contributed by atoms with E-state index in [1.54, 1.807) is 18.5 Å². The summed E-state index contributed by atoms with van der Waals surface area (Å²) in [6, 6.07) is 3.82. The highest BCUT2D eigenvalue weighted by Crippen LogP contribution is 2.22. The first-order valence-electron chi connectivity index (χ1n) is 5.99. The Morgan fingerprint density at radius 1 is 1.28 bits per heavy atom. The molecule has 2 aromatic heterocycles. The van der Waals surface area contributed by atoms with Crippen LogP contribution in [-0.4, -0.2) is 20.7 Å². The molecule has 2 rings (SSSR count). The third-order valence-corrected chi connectivity index (χ3v) is 2.86. The van der Waals surface area contributed by atoms with Gasteiger partial charge in [-0.25, -0.2) is 9.97 Å². The molecule has 0 spiro atoms. The molecule has 0 aliphatic heterocycles. The van der Waals surface area contributed by atoms with Gasteiger partial charge in [-0.1, -0.05) is 13.0 Å². The van der Waals surface area contributed by atoms with Gasteiger partial charge in [0.25, 0.3) is 0 Å². The minimum Gasteiger partial charge on any atom is -0.301 e. The van der Waals surface area contributed by atoms with E-state index in [1.165, 1.54) is 0 Å². The standard InChI is InChI=1S/C14H16N4/c1-3-12(11-7-10(2)8-16-9-11)13(15)14-17-5-4-6-18-14/h4-9,12,15H,3H2,1-2H3. The van der Waals surface area contributed by atoms with Gasteiger partial charge in [0.2, 0.25) is 0 Å². The summed E-state index contributed by atoms with van der Waals surface area (Å²) in [4.78, 5) is 12.5. The zero-order valence-corrected chi connectivity index (χ0v) is 10.6. The molecule has 0 fully saturated rings. The number of hydrogen-bond donors (Lipinski definition) is 1. The number of nitrogens with one attached hydrogen (secondary N) is 1. The van der Waals surface area contributed by atoms with Gasteiger partial charge in [-0.05, 0) is 30.5 Å². The number of pyridine rings is 1. The molecule has 0 amide bonds. The third kappa shape index (κ3) is 2.59. The van der Waals surface area contributed by atoms with Crippen LogP contribution in [0.4, 0.5) is 0 Å². The summed E-state index contributed by atoms with van der Waals surface area (Å²) in [5, 5.41) is 8.24. The number of hydrogen-bond acceptors (Lipinski definition) is 4. The smallest absolute Gasteiger partial charge is 0.173 e. The molecule has 18 heavy (non-hydrogen) atoms. The van der Waals surface area contributed by atoms with Gasteiger partial charge in [-0.15, -0.1) is 0 Å². The van der Waals surface area contributed by atoms with Crippen molar-refractivity contribution >= 4 is 5.71 Å². The van der Waals surface area contributed by atoms with Crippen LogP contribution in [0.2, 0.25) is 0 Å². The molecule has 0 saturated carbocycles. The van der Waals surface area contributed by atoms with Crippen molar-refractivity contribution in [2.24, 2.45) is 0 Å². The van der Waals surface area contributed by atoms with Crippen molar-refractivity contribution in [3.8, 4) is 0 Å². The van der Waals surface area contributed by atoms with Gasteiger partial charge in [0, 0.05) is 30.7 Å². The highest BCUT2D eigenvalue weighted by Gasteiger charge is 2.18. The van der Waals surface area contributed by atoms with E-state index in [0.29, 0.717) is 11.5 Å². The number of nitrogens with zero attached hydrogens (tertiary/aromatic N) is 3. The zero-order chi connectivity index (χ0) is 13.0. The topological polar surface area (TPSA) is 62.5 Å². The molecule has 0 radical (unpaired) electrons. The molecule has 92 valence electrons. The first-order valence-corrected chi connectivity index (χ1v) is 5.99. The fourth-order valence-corrected chi connectivity index (χ4v) is 1.97. The fourth-order valence-electron chi connectivity index (χ4n) is 1.97. The molecule has 1 unspecified atom stereocenters. The summed E-state index contributed by atoms with van der Waals surface area (Å²) in [5.41, 5.74) is 2.60. The summed E-state index contributed by atoms with van der Waals surface area (Å²) in [5.74, 6) is 0.491. The van der Waals surface area contributed by atoms with Crippen LogP contribution in [0.25, 0.3) is 0 Å². The number of aromatic nitrogens is 3. The number of rotatable bonds is 4. The van der Waals surface area contributed by atoms with Gasteiger partial charge in [0.1, 0.15) is 0 Å². The van der Waals surface area contributed by atoms with Crippen molar-refractivity contribution in [3.05, 3.63) is 53.9 Å². The average molecular weight is 240 g/mol. The zero-order valence-electron chi connectivity index (χ0n) is 10.6. The molecule has 1 atom stereocenters. The van der Waals surface area contributed by atoms with Crippen LogP contribution in [-0.2, 0) is 0 Å². The van der Waals surface area contributed by atoms with Crippen molar-refractivity contribution in [2.45, 2.75) is 26.2 Å². The van der Waals surface area contributed by atoms with Crippen molar-refractivity contribution < 1.29 is 0 Å². The summed E-state index contributed by atoms with van der Waals surface area (Å²) in [7, 11) is 0. The molecule has 2 aromatic rings. The lowest BCUT2D eigenvalue weighted by molar-refractivity contribution is 0.823. The van der Waals surface area contributed by atoms with Gasteiger partial charge < -0.3 is 5.41 Å². The highest BCUT2D eigenvalue weighted by atomic mass is 14.9. The maximum atomic E-state index is 8.24. The van der Waals surface area contributed by atoms with E-state index < -0.39 is 0 Å². The van der Waals surface area contributed by atoms with Crippen LogP contribution in [0, 0.1) is 12.3 Å². The molecular formula is C14H16N4. The third-order valence-electron chi connectivity index (χ3n) is 2.86. The monoisotopic (exact) mass is 240 g/mol. The molecular weight excluding hydrogens is 224 g/mol. The second-order valence-corrected chi connectivity index (χ2v) is 4.24. The van der Waals surface area contributed by atoms with Gasteiger partial charge in [-0.2, -0.15) is 0 Å². The molecule has 4 nitrogen and oxygen atoms in total. The lowest BCUT2D eigenvalue weighted by Gasteiger charge is -2.15. The van der Waals surface area contributed by atoms with Crippen molar-refractivity contribution in [3.63, 3.8) is 0 Å². The predicted molar refractivity (Wildman–Crippen MR) is 70.9 cm³/mol. The first-order chi connectivity index (χ1) is 8.72. The first kappa shape index (κ1) is 12.4. The van der Waals surface area contributed by atoms with Gasteiger partial charge >= 0.3 is 0 Å². The van der Waals surface area contributed by atoms with E-state index in [1.807, 2.05) is 19.3 Å². The van der Waals surface area contributed by atoms with Crippen LogP contribution in [0.3, 0.4) is 0 Å². The van der Waals surface area contributed by atoms with Gasteiger partial charge in [0.05, 0.1) is 5.71 Å². The molecule has 0 bridgehead atoms. The summed E-state index contributed by atoms with van der Waals surface area (Å²) in [6.45, 7) is 4.07. The van der Waals surface area contributed by atoms with Crippen LogP contribution >= 0.6 is 0 Å². The summed E-state index contributed by atoms with van der Waals surface area (Å²) < 4.78 is 0. The normalized spacial score (nSPS) is 12.1. The largest absolute Gasteiger partial charge is 0.301 e. The second kappa shape index (κ2) is 5.49. The molecule has 2 heterocycles. The Kier molecular flexibility index (Phi) is 3.77. The van der Waals surface area contributed by atoms with Crippen molar-refractivity contribution in [1.29, 1.82) is 5.41 Å². The van der Waals surface area contributed by atoms with E-state index in [0.717, 1.165) is 17.5 Å². The Bertz CT molecular complexity index is 537. The van der Waals surface area contributed by atoms with E-state index in [4.69, 9.17) is 5.41 Å². The molecule has 0 aromatic carbocycles. The molecule has 0 saturated heterocycles. The lowest BCUT2D eigenvalue weighted by Crippen LogP contribution is -2.15. The Labute approximate surface area is 107 Å². The van der Waals surface area contributed by atoms with Crippen LogP contribution in [0.1, 0.15) is 36.2 Å². The maximum absolute atomic E-state index is 8.24. The van der Waals surface area contributed by atoms with Crippen LogP contribution < -0.4 is 0 Å². The van der Waals surface area contributed by atoms with E-state index >= 15 is 0 Å². The quantitative estimate of drug-likeness (QED) is 0.836. The fraction of sp³-hybridized carbons (Fsp3) is 0.286. The van der Waals surface area contributed by atoms with E-state index in [-0.39, 0.29) is 5.92 Å². The predicted octanol–water partition coefficient (Wildman–Crippen LogP) is 2.74. The molecule has 0 aliphatic carbocycles. The minimum atomic E-state index is -0.000185. The minimum absolute atomic E-state index is 0.000185. The summed E-state index contributed by atoms with van der Waals surface area (Å²) in [6.07, 6.45) is 7.80. The molecule has 0 aliphatic rings. The van der Waals surface area contributed by atoms with Crippen molar-refractivity contribution in [1.82, 2.24) is 15.0 Å². The Morgan fingerprint density at radius 2 is 2.00 bits per heavy atom. The van der Waals surface area contributed by atoms with Crippen molar-refractivity contribution in [2.75, 3.05) is 0 Å².